The van der Waals surface area contributed by atoms with Gasteiger partial charge in [-0.2, -0.15) is 4.99 Å². The zero-order valence-electron chi connectivity index (χ0n) is 16.4. The molecule has 1 aromatic rings. The van der Waals surface area contributed by atoms with Gasteiger partial charge in [0, 0.05) is 5.56 Å². The Morgan fingerprint density at radius 1 is 1.15 bits per heavy atom. The lowest BCUT2D eigenvalue weighted by molar-refractivity contribution is -0.118. The lowest BCUT2D eigenvalue weighted by Gasteiger charge is -2.17. The van der Waals surface area contributed by atoms with E-state index in [1.807, 2.05) is 0 Å². The van der Waals surface area contributed by atoms with Crippen molar-refractivity contribution in [3.63, 3.8) is 0 Å². The maximum absolute atomic E-state index is 12.3. The number of amides is 2. The number of carbonyl (C=O) groups is 2. The molecule has 0 atom stereocenters. The van der Waals surface area contributed by atoms with Gasteiger partial charge in [0.2, 0.25) is 5.91 Å². The number of nitrogens with one attached hydrogen (secondary N) is 1. The summed E-state index contributed by atoms with van der Waals surface area (Å²) in [4.78, 5) is 32.7. The molecule has 0 bridgehead atoms. The standard InChI is InChI=1S/C18H25N3O5S/c1-18(2,3)26-17(23)20-16(27-6)19-15(22)11-14(21-25-5)12-7-9-13(24-4)10-8-12/h7-10H,11H2,1-6H3,(H,19,20,22,23). The van der Waals surface area contributed by atoms with Gasteiger partial charge in [-0.25, -0.2) is 4.79 Å². The summed E-state index contributed by atoms with van der Waals surface area (Å²) in [5, 5.41) is 6.63. The molecule has 0 heterocycles. The van der Waals surface area contributed by atoms with Crippen molar-refractivity contribution in [2.75, 3.05) is 20.5 Å². The molecule has 0 radical (unpaired) electrons. The maximum Gasteiger partial charge on any atom is 0.436 e. The summed E-state index contributed by atoms with van der Waals surface area (Å²) in [6, 6.07) is 7.06. The van der Waals surface area contributed by atoms with Crippen LogP contribution in [0.2, 0.25) is 0 Å². The van der Waals surface area contributed by atoms with Gasteiger partial charge in [-0.3, -0.25) is 4.79 Å². The Labute approximate surface area is 163 Å². The van der Waals surface area contributed by atoms with E-state index in [0.717, 1.165) is 11.8 Å². The lowest BCUT2D eigenvalue weighted by Crippen LogP contribution is -2.31. The summed E-state index contributed by atoms with van der Waals surface area (Å²) < 4.78 is 10.2. The number of benzene rings is 1. The van der Waals surface area contributed by atoms with Crippen molar-refractivity contribution in [1.82, 2.24) is 5.32 Å². The molecule has 0 unspecified atom stereocenters. The Bertz CT molecular complexity index is 709. The van der Waals surface area contributed by atoms with Gasteiger partial charge in [0.15, 0.2) is 5.17 Å². The molecule has 8 nitrogen and oxygen atoms in total. The molecular weight excluding hydrogens is 370 g/mol. The number of oxime groups is 1. The number of thioether (sulfide) groups is 1. The molecule has 27 heavy (non-hydrogen) atoms. The van der Waals surface area contributed by atoms with E-state index in [1.165, 1.54) is 7.11 Å². The summed E-state index contributed by atoms with van der Waals surface area (Å²) >= 11 is 1.12. The Morgan fingerprint density at radius 3 is 2.26 bits per heavy atom. The van der Waals surface area contributed by atoms with Gasteiger partial charge in [0.1, 0.15) is 18.5 Å². The zero-order valence-corrected chi connectivity index (χ0v) is 17.2. The highest BCUT2D eigenvalue weighted by Gasteiger charge is 2.18. The highest BCUT2D eigenvalue weighted by molar-refractivity contribution is 8.13. The van der Waals surface area contributed by atoms with Gasteiger partial charge < -0.3 is 19.6 Å². The number of hydrogen-bond donors (Lipinski definition) is 1. The van der Waals surface area contributed by atoms with Gasteiger partial charge >= 0.3 is 6.09 Å². The van der Waals surface area contributed by atoms with Crippen LogP contribution in [0.5, 0.6) is 5.75 Å². The minimum absolute atomic E-state index is 0.0614. The number of ether oxygens (including phenoxy) is 2. The fraction of sp³-hybridized carbons (Fsp3) is 0.444. The van der Waals surface area contributed by atoms with Gasteiger partial charge in [-0.05, 0) is 51.3 Å². The summed E-state index contributed by atoms with van der Waals surface area (Å²) in [7, 11) is 2.97. The molecule has 1 N–H and O–H groups in total. The number of hydrogen-bond acceptors (Lipinski definition) is 7. The van der Waals surface area contributed by atoms with Crippen LogP contribution >= 0.6 is 11.8 Å². The first kappa shape index (κ1) is 22.5. The van der Waals surface area contributed by atoms with E-state index < -0.39 is 17.6 Å². The normalized spacial score (nSPS) is 12.4. The van der Waals surface area contributed by atoms with Crippen molar-refractivity contribution >= 4 is 34.6 Å². The van der Waals surface area contributed by atoms with Gasteiger partial charge in [0.25, 0.3) is 0 Å². The highest BCUT2D eigenvalue weighted by atomic mass is 32.2. The van der Waals surface area contributed by atoms with Crippen molar-refractivity contribution in [2.45, 2.75) is 32.8 Å². The smallest absolute Gasteiger partial charge is 0.436 e. The van der Waals surface area contributed by atoms with E-state index in [4.69, 9.17) is 14.3 Å². The van der Waals surface area contributed by atoms with E-state index in [-0.39, 0.29) is 11.6 Å². The van der Waals surface area contributed by atoms with Gasteiger partial charge in [0.05, 0.1) is 19.2 Å². The third-order valence-corrected chi connectivity index (χ3v) is 3.56. The number of aliphatic imine (C=N–C) groups is 1. The van der Waals surface area contributed by atoms with Crippen molar-refractivity contribution in [3.05, 3.63) is 29.8 Å². The molecule has 0 saturated heterocycles. The average Bonchev–Trinajstić information content (AvgIpc) is 2.59. The minimum Gasteiger partial charge on any atom is -0.497 e. The Morgan fingerprint density at radius 2 is 1.78 bits per heavy atom. The minimum atomic E-state index is -0.770. The Hall–Kier alpha value is -2.55. The molecule has 1 aromatic carbocycles. The van der Waals surface area contributed by atoms with Crippen LogP contribution in [0, 0.1) is 0 Å². The number of amidine groups is 1. The van der Waals surface area contributed by atoms with E-state index in [9.17, 15) is 9.59 Å². The summed E-state index contributed by atoms with van der Waals surface area (Å²) in [5.41, 5.74) is 0.471. The van der Waals surface area contributed by atoms with E-state index in [0.29, 0.717) is 17.0 Å². The van der Waals surface area contributed by atoms with Crippen molar-refractivity contribution in [1.29, 1.82) is 0 Å². The first-order chi connectivity index (χ1) is 12.7. The van der Waals surface area contributed by atoms with Crippen LogP contribution in [0.3, 0.4) is 0 Å². The van der Waals surface area contributed by atoms with Crippen molar-refractivity contribution < 1.29 is 23.9 Å². The molecule has 0 aromatic heterocycles. The van der Waals surface area contributed by atoms with Crippen molar-refractivity contribution in [2.24, 2.45) is 10.1 Å². The fourth-order valence-corrected chi connectivity index (χ4v) is 2.27. The number of methoxy groups -OCH3 is 1. The number of nitrogens with zero attached hydrogens (tertiary/aromatic N) is 2. The van der Waals surface area contributed by atoms with E-state index in [1.54, 1.807) is 58.4 Å². The third kappa shape index (κ3) is 8.59. The second-order valence-electron chi connectivity index (χ2n) is 6.28. The first-order valence-corrected chi connectivity index (χ1v) is 9.31. The molecule has 2 amide bonds. The molecule has 9 heteroatoms. The molecule has 0 spiro atoms. The monoisotopic (exact) mass is 395 g/mol. The molecule has 148 valence electrons. The molecule has 0 saturated carbocycles. The topological polar surface area (TPSA) is 98.6 Å². The lowest BCUT2D eigenvalue weighted by atomic mass is 10.1. The van der Waals surface area contributed by atoms with Gasteiger partial charge in [-0.1, -0.05) is 16.9 Å². The van der Waals surface area contributed by atoms with Crippen LogP contribution in [0.1, 0.15) is 32.8 Å². The Kier molecular flexibility index (Phi) is 8.80. The molecular formula is C18H25N3O5S. The molecule has 0 aliphatic carbocycles. The van der Waals surface area contributed by atoms with Crippen LogP contribution in [-0.4, -0.2) is 49.0 Å². The van der Waals surface area contributed by atoms with Crippen LogP contribution in [0.15, 0.2) is 34.4 Å². The summed E-state index contributed by atoms with van der Waals surface area (Å²) in [6.07, 6.45) is 0.860. The van der Waals surface area contributed by atoms with Crippen molar-refractivity contribution in [3.8, 4) is 5.75 Å². The van der Waals surface area contributed by atoms with Crippen LogP contribution < -0.4 is 10.1 Å². The zero-order chi connectivity index (χ0) is 20.4. The van der Waals surface area contributed by atoms with Crippen LogP contribution in [0.25, 0.3) is 0 Å². The summed E-state index contributed by atoms with van der Waals surface area (Å²) in [5.74, 6) is 0.299. The molecule has 0 fully saturated rings. The predicted octanol–water partition coefficient (Wildman–Crippen LogP) is 3.21. The highest BCUT2D eigenvalue weighted by Crippen LogP contribution is 2.14. The predicted molar refractivity (Wildman–Crippen MR) is 106 cm³/mol. The SMILES string of the molecule is CON=C(CC(=O)NC(=NC(=O)OC(C)(C)C)SC)c1ccc(OC)cc1. The van der Waals surface area contributed by atoms with E-state index >= 15 is 0 Å². The van der Waals surface area contributed by atoms with Crippen LogP contribution in [0.4, 0.5) is 4.79 Å². The largest absolute Gasteiger partial charge is 0.497 e. The number of carbonyl (C=O) groups excluding carboxylic acids is 2. The van der Waals surface area contributed by atoms with Crippen LogP contribution in [-0.2, 0) is 14.4 Å². The average molecular weight is 395 g/mol. The first-order valence-electron chi connectivity index (χ1n) is 8.08. The third-order valence-electron chi connectivity index (χ3n) is 2.98. The quantitative estimate of drug-likeness (QED) is 0.467. The second kappa shape index (κ2) is 10.6. The fourth-order valence-electron chi connectivity index (χ4n) is 1.89. The molecule has 1 rings (SSSR count). The molecule has 0 aliphatic heterocycles. The van der Waals surface area contributed by atoms with Gasteiger partial charge in [-0.15, -0.1) is 0 Å². The van der Waals surface area contributed by atoms with E-state index in [2.05, 4.69) is 15.5 Å². The number of rotatable bonds is 5. The molecule has 0 aliphatic rings. The Balaban J connectivity index is 2.83. The maximum atomic E-state index is 12.3. The summed E-state index contributed by atoms with van der Waals surface area (Å²) in [6.45, 7) is 5.21. The second-order valence-corrected chi connectivity index (χ2v) is 7.07.